The minimum absolute atomic E-state index is 0.131. The largest absolute Gasteiger partial charge is 0.497 e. The molecular weight excluding hydrogens is 332 g/mol. The summed E-state index contributed by atoms with van der Waals surface area (Å²) in [5.41, 5.74) is 2.84. The molecule has 1 aliphatic rings. The van der Waals surface area contributed by atoms with Crippen molar-refractivity contribution >= 4 is 33.3 Å². The molecule has 2 amide bonds. The molecule has 0 aromatic heterocycles. The lowest BCUT2D eigenvalue weighted by Crippen LogP contribution is -2.33. The van der Waals surface area contributed by atoms with Gasteiger partial charge in [-0.2, -0.15) is 0 Å². The Labute approximate surface area is 131 Å². The number of hydrogen-bond donors (Lipinski definition) is 1. The Balaban J connectivity index is 1.83. The molecule has 3 rings (SSSR count). The number of urea groups is 1. The smallest absolute Gasteiger partial charge is 0.326 e. The van der Waals surface area contributed by atoms with Crippen LogP contribution in [-0.2, 0) is 6.42 Å². The number of hydrogen-bond acceptors (Lipinski definition) is 2. The average molecular weight is 347 g/mol. The number of amides is 2. The lowest BCUT2D eigenvalue weighted by atomic mass is 10.1. The fourth-order valence-corrected chi connectivity index (χ4v) is 2.83. The highest BCUT2D eigenvalue weighted by molar-refractivity contribution is 9.10. The van der Waals surface area contributed by atoms with Crippen LogP contribution >= 0.6 is 15.9 Å². The van der Waals surface area contributed by atoms with Gasteiger partial charge in [0.25, 0.3) is 0 Å². The number of carbonyl (C=O) groups excluding carboxylic acids is 1. The summed E-state index contributed by atoms with van der Waals surface area (Å²) in [6, 6.07) is 13.3. The second-order valence-electron chi connectivity index (χ2n) is 4.81. The van der Waals surface area contributed by atoms with Crippen LogP contribution in [0.2, 0.25) is 0 Å². The van der Waals surface area contributed by atoms with Crippen molar-refractivity contribution in [2.45, 2.75) is 6.42 Å². The van der Waals surface area contributed by atoms with E-state index in [9.17, 15) is 4.79 Å². The first-order valence-corrected chi connectivity index (χ1v) is 7.48. The minimum atomic E-state index is -0.131. The Kier molecular flexibility index (Phi) is 3.84. The summed E-state index contributed by atoms with van der Waals surface area (Å²) in [5.74, 6) is 0.759. The number of benzene rings is 2. The van der Waals surface area contributed by atoms with Crippen LogP contribution in [0.4, 0.5) is 16.2 Å². The average Bonchev–Trinajstić information content (AvgIpc) is 2.92. The Morgan fingerprint density at radius 3 is 2.86 bits per heavy atom. The van der Waals surface area contributed by atoms with E-state index in [1.165, 1.54) is 0 Å². The highest BCUT2D eigenvalue weighted by Gasteiger charge is 2.25. The summed E-state index contributed by atoms with van der Waals surface area (Å²) in [6.07, 6.45) is 0.864. The van der Waals surface area contributed by atoms with Gasteiger partial charge in [0.1, 0.15) is 5.75 Å². The molecule has 108 valence electrons. The van der Waals surface area contributed by atoms with E-state index in [-0.39, 0.29) is 6.03 Å². The van der Waals surface area contributed by atoms with E-state index in [0.717, 1.165) is 33.6 Å². The third kappa shape index (κ3) is 2.74. The molecular formula is C16H15BrN2O2. The quantitative estimate of drug-likeness (QED) is 0.890. The SMILES string of the molecule is COc1ccc2c(c1)N(C(=O)Nc1ccccc1Br)CC2. The van der Waals surface area contributed by atoms with E-state index < -0.39 is 0 Å². The zero-order chi connectivity index (χ0) is 14.8. The van der Waals surface area contributed by atoms with Crippen LogP contribution in [0.15, 0.2) is 46.9 Å². The minimum Gasteiger partial charge on any atom is -0.497 e. The number of methoxy groups -OCH3 is 1. The van der Waals surface area contributed by atoms with Crippen LogP contribution in [0.1, 0.15) is 5.56 Å². The van der Waals surface area contributed by atoms with Crippen molar-refractivity contribution in [3.63, 3.8) is 0 Å². The number of nitrogens with one attached hydrogen (secondary N) is 1. The summed E-state index contributed by atoms with van der Waals surface area (Å²) in [7, 11) is 1.63. The third-order valence-corrected chi connectivity index (χ3v) is 4.24. The van der Waals surface area contributed by atoms with Gasteiger partial charge in [-0.25, -0.2) is 4.79 Å². The molecule has 0 fully saturated rings. The van der Waals surface area contributed by atoms with Gasteiger partial charge >= 0.3 is 6.03 Å². The van der Waals surface area contributed by atoms with Gasteiger partial charge in [0.05, 0.1) is 18.5 Å². The predicted molar refractivity (Wildman–Crippen MR) is 87.2 cm³/mol. The van der Waals surface area contributed by atoms with Crippen molar-refractivity contribution < 1.29 is 9.53 Å². The van der Waals surface area contributed by atoms with Gasteiger partial charge in [-0.3, -0.25) is 4.90 Å². The van der Waals surface area contributed by atoms with Crippen LogP contribution in [-0.4, -0.2) is 19.7 Å². The maximum atomic E-state index is 12.5. The molecule has 4 nitrogen and oxygen atoms in total. The standard InChI is InChI=1S/C16H15BrN2O2/c1-21-12-7-6-11-8-9-19(15(11)10-12)16(20)18-14-5-3-2-4-13(14)17/h2-7,10H,8-9H2,1H3,(H,18,20). The zero-order valence-corrected chi connectivity index (χ0v) is 13.2. The van der Waals surface area contributed by atoms with Crippen LogP contribution in [0.5, 0.6) is 5.75 Å². The molecule has 0 aliphatic carbocycles. The van der Waals surface area contributed by atoms with Crippen molar-refractivity contribution in [2.75, 3.05) is 23.9 Å². The first-order valence-electron chi connectivity index (χ1n) is 6.69. The van der Waals surface area contributed by atoms with Gasteiger partial charge in [0, 0.05) is 17.1 Å². The van der Waals surface area contributed by atoms with Gasteiger partial charge in [-0.1, -0.05) is 18.2 Å². The van der Waals surface area contributed by atoms with Crippen LogP contribution in [0.3, 0.4) is 0 Å². The van der Waals surface area contributed by atoms with E-state index >= 15 is 0 Å². The van der Waals surface area contributed by atoms with Crippen molar-refractivity contribution in [3.8, 4) is 5.75 Å². The van der Waals surface area contributed by atoms with Gasteiger partial charge < -0.3 is 10.1 Å². The van der Waals surface area contributed by atoms with Gasteiger partial charge in [-0.05, 0) is 46.1 Å². The number of carbonyl (C=O) groups is 1. The Bertz CT molecular complexity index is 688. The van der Waals surface area contributed by atoms with Gasteiger partial charge in [0.2, 0.25) is 0 Å². The molecule has 1 N–H and O–H groups in total. The molecule has 21 heavy (non-hydrogen) atoms. The molecule has 2 aromatic carbocycles. The number of para-hydroxylation sites is 1. The van der Waals surface area contributed by atoms with E-state index in [2.05, 4.69) is 21.2 Å². The third-order valence-electron chi connectivity index (χ3n) is 3.55. The summed E-state index contributed by atoms with van der Waals surface area (Å²) < 4.78 is 6.10. The highest BCUT2D eigenvalue weighted by atomic mass is 79.9. The molecule has 0 saturated carbocycles. The summed E-state index contributed by atoms with van der Waals surface area (Å²) >= 11 is 3.43. The molecule has 5 heteroatoms. The van der Waals surface area contributed by atoms with E-state index in [0.29, 0.717) is 6.54 Å². The van der Waals surface area contributed by atoms with Crippen molar-refractivity contribution in [2.24, 2.45) is 0 Å². The number of rotatable bonds is 2. The van der Waals surface area contributed by atoms with Crippen LogP contribution < -0.4 is 15.0 Å². The van der Waals surface area contributed by atoms with Crippen molar-refractivity contribution in [1.29, 1.82) is 0 Å². The van der Waals surface area contributed by atoms with Gasteiger partial charge in [-0.15, -0.1) is 0 Å². The number of nitrogens with zero attached hydrogens (tertiary/aromatic N) is 1. The maximum absolute atomic E-state index is 12.5. The number of ether oxygens (including phenoxy) is 1. The molecule has 1 aliphatic heterocycles. The molecule has 2 aromatic rings. The van der Waals surface area contributed by atoms with E-state index in [4.69, 9.17) is 4.74 Å². The van der Waals surface area contributed by atoms with Crippen LogP contribution in [0.25, 0.3) is 0 Å². The van der Waals surface area contributed by atoms with Crippen LogP contribution in [0, 0.1) is 0 Å². The molecule has 0 saturated heterocycles. The highest BCUT2D eigenvalue weighted by Crippen LogP contribution is 2.32. The Hall–Kier alpha value is -2.01. The summed E-state index contributed by atoms with van der Waals surface area (Å²) in [5, 5.41) is 2.93. The van der Waals surface area contributed by atoms with E-state index in [1.54, 1.807) is 12.0 Å². The number of fused-ring (bicyclic) bond motifs is 1. The normalized spacial score (nSPS) is 13.0. The fourth-order valence-electron chi connectivity index (χ4n) is 2.44. The van der Waals surface area contributed by atoms with Crippen molar-refractivity contribution in [3.05, 3.63) is 52.5 Å². The first kappa shape index (κ1) is 13.9. The predicted octanol–water partition coefficient (Wildman–Crippen LogP) is 4.05. The second kappa shape index (κ2) is 5.77. The molecule has 0 atom stereocenters. The Morgan fingerprint density at radius 1 is 1.29 bits per heavy atom. The van der Waals surface area contributed by atoms with Crippen molar-refractivity contribution in [1.82, 2.24) is 0 Å². The summed E-state index contributed by atoms with van der Waals surface area (Å²) in [6.45, 7) is 0.679. The molecule has 0 radical (unpaired) electrons. The first-order chi connectivity index (χ1) is 10.2. The topological polar surface area (TPSA) is 41.6 Å². The maximum Gasteiger partial charge on any atom is 0.326 e. The summed E-state index contributed by atoms with van der Waals surface area (Å²) in [4.78, 5) is 14.2. The lowest BCUT2D eigenvalue weighted by molar-refractivity contribution is 0.257. The Morgan fingerprint density at radius 2 is 2.10 bits per heavy atom. The number of anilines is 2. The molecule has 1 heterocycles. The molecule has 0 bridgehead atoms. The van der Waals surface area contributed by atoms with Gasteiger partial charge in [0.15, 0.2) is 0 Å². The molecule has 0 spiro atoms. The second-order valence-corrected chi connectivity index (χ2v) is 5.66. The molecule has 0 unspecified atom stereocenters. The van der Waals surface area contributed by atoms with E-state index in [1.807, 2.05) is 42.5 Å². The monoisotopic (exact) mass is 346 g/mol. The fraction of sp³-hybridized carbons (Fsp3) is 0.188. The lowest BCUT2D eigenvalue weighted by Gasteiger charge is -2.19. The zero-order valence-electron chi connectivity index (χ0n) is 11.6. The number of halogens is 1.